The van der Waals surface area contributed by atoms with E-state index in [1.165, 1.54) is 9.47 Å². The number of hydrogen-bond donors (Lipinski definition) is 2. The molecule has 0 saturated carbocycles. The van der Waals surface area contributed by atoms with Crippen LogP contribution in [0.25, 0.3) is 10.8 Å². The molecule has 0 unspecified atom stereocenters. The molecule has 1 aromatic heterocycles. The second-order valence-corrected chi connectivity index (χ2v) is 8.26. The molecule has 0 bridgehead atoms. The lowest BCUT2D eigenvalue weighted by Gasteiger charge is -2.25. The van der Waals surface area contributed by atoms with Gasteiger partial charge < -0.3 is 10.5 Å². The number of rotatable bonds is 9. The number of nitrogens with one attached hydrogen (secondary N) is 1. The molecule has 4 rings (SSSR count). The Morgan fingerprint density at radius 1 is 1.00 bits per heavy atom. The smallest absolute Gasteiger partial charge is 0.330 e. The van der Waals surface area contributed by atoms with E-state index in [1.807, 2.05) is 73.7 Å². The number of fused-ring (bicyclic) bond motifs is 1. The van der Waals surface area contributed by atoms with Gasteiger partial charge >= 0.3 is 5.69 Å². The number of carbonyl (C=O) groups is 1. The van der Waals surface area contributed by atoms with Crippen molar-refractivity contribution < 1.29 is 9.53 Å². The van der Waals surface area contributed by atoms with Gasteiger partial charge in [-0.05, 0) is 34.9 Å². The Balaban J connectivity index is 1.66. The van der Waals surface area contributed by atoms with Gasteiger partial charge in [-0.3, -0.25) is 24.0 Å². The van der Waals surface area contributed by atoms with Crippen molar-refractivity contribution in [2.24, 2.45) is 0 Å². The van der Waals surface area contributed by atoms with Crippen molar-refractivity contribution in [3.05, 3.63) is 99.2 Å². The van der Waals surface area contributed by atoms with Crippen molar-refractivity contribution in [1.29, 1.82) is 0 Å². The summed E-state index contributed by atoms with van der Waals surface area (Å²) in [5.41, 5.74) is 5.73. The van der Waals surface area contributed by atoms with Crippen LogP contribution >= 0.6 is 0 Å². The fourth-order valence-corrected chi connectivity index (χ4v) is 3.91. The number of carbonyl (C=O) groups excluding carboxylic acids is 1. The zero-order valence-electron chi connectivity index (χ0n) is 19.6. The Morgan fingerprint density at radius 3 is 2.46 bits per heavy atom. The second-order valence-electron chi connectivity index (χ2n) is 8.26. The van der Waals surface area contributed by atoms with E-state index >= 15 is 0 Å². The molecule has 35 heavy (non-hydrogen) atoms. The number of aromatic amines is 1. The number of benzene rings is 3. The summed E-state index contributed by atoms with van der Waals surface area (Å²) in [6.07, 6.45) is 1.54. The lowest BCUT2D eigenvalue weighted by atomic mass is 10.1. The summed E-state index contributed by atoms with van der Waals surface area (Å²) < 4.78 is 7.10. The van der Waals surface area contributed by atoms with E-state index in [0.29, 0.717) is 18.7 Å². The first-order valence-corrected chi connectivity index (χ1v) is 11.6. The molecule has 0 spiro atoms. The largest absolute Gasteiger partial charge is 0.484 e. The molecule has 0 aliphatic rings. The van der Waals surface area contributed by atoms with Crippen molar-refractivity contribution in [2.75, 3.05) is 17.2 Å². The first-order valence-electron chi connectivity index (χ1n) is 11.6. The summed E-state index contributed by atoms with van der Waals surface area (Å²) in [5.74, 6) is 0.0357. The van der Waals surface area contributed by atoms with Crippen molar-refractivity contribution in [1.82, 2.24) is 9.55 Å². The molecule has 180 valence electrons. The minimum absolute atomic E-state index is 0.0396. The van der Waals surface area contributed by atoms with Gasteiger partial charge in [0.1, 0.15) is 11.6 Å². The summed E-state index contributed by atoms with van der Waals surface area (Å²) >= 11 is 0. The second kappa shape index (κ2) is 10.7. The summed E-state index contributed by atoms with van der Waals surface area (Å²) in [6, 6.07) is 22.7. The minimum atomic E-state index is -0.713. The van der Waals surface area contributed by atoms with Crippen LogP contribution in [0.5, 0.6) is 5.75 Å². The predicted molar refractivity (Wildman–Crippen MR) is 138 cm³/mol. The molecule has 4 aromatic rings. The monoisotopic (exact) mass is 472 g/mol. The van der Waals surface area contributed by atoms with Gasteiger partial charge in [0.25, 0.3) is 11.5 Å². The molecule has 3 aromatic carbocycles. The molecule has 0 aliphatic carbocycles. The highest BCUT2D eigenvalue weighted by atomic mass is 16.5. The van der Waals surface area contributed by atoms with E-state index in [1.54, 1.807) is 6.07 Å². The van der Waals surface area contributed by atoms with Crippen LogP contribution in [0, 0.1) is 0 Å². The average Bonchev–Trinajstić information content (AvgIpc) is 2.87. The predicted octanol–water partition coefficient (Wildman–Crippen LogP) is 3.68. The zero-order valence-corrected chi connectivity index (χ0v) is 19.6. The van der Waals surface area contributed by atoms with Gasteiger partial charge in [-0.25, -0.2) is 4.79 Å². The fraction of sp³-hybridized carbons (Fsp3) is 0.222. The Labute approximate surface area is 202 Å². The molecule has 3 N–H and O–H groups in total. The molecular formula is C27H28N4O4. The number of nitrogens with zero attached hydrogens (tertiary/aromatic N) is 2. The van der Waals surface area contributed by atoms with Crippen molar-refractivity contribution in [3.63, 3.8) is 0 Å². The summed E-state index contributed by atoms with van der Waals surface area (Å²) in [7, 11) is 0. The molecule has 0 atom stereocenters. The fourth-order valence-electron chi connectivity index (χ4n) is 3.91. The van der Waals surface area contributed by atoms with Crippen LogP contribution in [0.4, 0.5) is 11.5 Å². The highest BCUT2D eigenvalue weighted by Crippen LogP contribution is 2.23. The zero-order chi connectivity index (χ0) is 24.8. The third-order valence-corrected chi connectivity index (χ3v) is 5.79. The molecule has 0 radical (unpaired) electrons. The number of ether oxygens (including phenoxy) is 1. The molecule has 0 saturated heterocycles. The SMILES string of the molecule is CCCCn1c(N)c(N(Cc2ccccc2)C(=O)COc2ccc3ccccc3c2)c(=O)[nH]c1=O. The Bertz CT molecular complexity index is 1440. The maximum atomic E-state index is 13.4. The number of unbranched alkanes of at least 4 members (excludes halogenated alkanes) is 1. The van der Waals surface area contributed by atoms with Crippen LogP contribution in [0.15, 0.2) is 82.4 Å². The van der Waals surface area contributed by atoms with Gasteiger partial charge in [0, 0.05) is 6.54 Å². The Hall–Kier alpha value is -4.33. The maximum absolute atomic E-state index is 13.4. The third kappa shape index (κ3) is 5.43. The topological polar surface area (TPSA) is 110 Å². The van der Waals surface area contributed by atoms with Gasteiger partial charge in [-0.2, -0.15) is 0 Å². The van der Waals surface area contributed by atoms with Crippen LogP contribution in [0.2, 0.25) is 0 Å². The van der Waals surface area contributed by atoms with Crippen molar-refractivity contribution >= 4 is 28.2 Å². The quantitative estimate of drug-likeness (QED) is 0.386. The van der Waals surface area contributed by atoms with E-state index in [4.69, 9.17) is 10.5 Å². The standard InChI is InChI=1S/C27H28N4O4/c1-2-3-15-30-25(28)24(26(33)29-27(30)34)31(17-19-9-5-4-6-10-19)23(32)18-35-22-14-13-20-11-7-8-12-21(20)16-22/h4-14,16H,2-3,15,17-18,28H2,1H3,(H,29,33,34). The van der Waals surface area contributed by atoms with Crippen LogP contribution in [-0.4, -0.2) is 22.1 Å². The first kappa shape index (κ1) is 23.8. The van der Waals surface area contributed by atoms with Gasteiger partial charge in [0.2, 0.25) is 0 Å². The summed E-state index contributed by atoms with van der Waals surface area (Å²) in [5, 5.41) is 2.05. The van der Waals surface area contributed by atoms with E-state index in [-0.39, 0.29) is 24.7 Å². The number of nitrogen functional groups attached to an aromatic ring is 1. The number of H-pyrrole nitrogens is 1. The maximum Gasteiger partial charge on any atom is 0.330 e. The highest BCUT2D eigenvalue weighted by Gasteiger charge is 2.25. The highest BCUT2D eigenvalue weighted by molar-refractivity contribution is 5.96. The van der Waals surface area contributed by atoms with E-state index < -0.39 is 17.2 Å². The van der Waals surface area contributed by atoms with Gasteiger partial charge in [-0.15, -0.1) is 0 Å². The van der Waals surface area contributed by atoms with Gasteiger partial charge in [0.05, 0.1) is 6.54 Å². The molecular weight excluding hydrogens is 444 g/mol. The van der Waals surface area contributed by atoms with Crippen molar-refractivity contribution in [2.45, 2.75) is 32.9 Å². The van der Waals surface area contributed by atoms with Crippen LogP contribution < -0.4 is 26.6 Å². The van der Waals surface area contributed by atoms with Gasteiger partial charge in [-0.1, -0.05) is 74.0 Å². The number of nitrogens with two attached hydrogens (primary N) is 1. The molecule has 8 nitrogen and oxygen atoms in total. The van der Waals surface area contributed by atoms with Crippen LogP contribution in [0.3, 0.4) is 0 Å². The Morgan fingerprint density at radius 2 is 1.71 bits per heavy atom. The molecule has 0 fully saturated rings. The molecule has 8 heteroatoms. The van der Waals surface area contributed by atoms with E-state index in [0.717, 1.165) is 22.8 Å². The lowest BCUT2D eigenvalue weighted by Crippen LogP contribution is -2.42. The summed E-state index contributed by atoms with van der Waals surface area (Å²) in [4.78, 5) is 42.2. The summed E-state index contributed by atoms with van der Waals surface area (Å²) in [6.45, 7) is 2.12. The molecule has 0 aliphatic heterocycles. The van der Waals surface area contributed by atoms with Crippen LogP contribution in [0.1, 0.15) is 25.3 Å². The van der Waals surface area contributed by atoms with Crippen LogP contribution in [-0.2, 0) is 17.9 Å². The van der Waals surface area contributed by atoms with E-state index in [9.17, 15) is 14.4 Å². The number of aromatic nitrogens is 2. The lowest BCUT2D eigenvalue weighted by molar-refractivity contribution is -0.120. The minimum Gasteiger partial charge on any atom is -0.484 e. The van der Waals surface area contributed by atoms with Crippen molar-refractivity contribution in [3.8, 4) is 5.75 Å². The first-order chi connectivity index (χ1) is 17.0. The normalized spacial score (nSPS) is 10.9. The number of anilines is 2. The molecule has 1 heterocycles. The van der Waals surface area contributed by atoms with Gasteiger partial charge in [0.15, 0.2) is 12.3 Å². The molecule has 1 amide bonds. The van der Waals surface area contributed by atoms with E-state index in [2.05, 4.69) is 4.98 Å². The number of hydrogen-bond acceptors (Lipinski definition) is 5. The Kier molecular flexibility index (Phi) is 7.30. The average molecular weight is 473 g/mol. The third-order valence-electron chi connectivity index (χ3n) is 5.79. The number of amides is 1.